The number of carbonyl (C=O) groups excluding carboxylic acids is 2. The fourth-order valence-electron chi connectivity index (χ4n) is 4.70. The summed E-state index contributed by atoms with van der Waals surface area (Å²) < 4.78 is 12.0. The lowest BCUT2D eigenvalue weighted by Crippen LogP contribution is -2.55. The molecule has 2 heterocycles. The number of rotatable bonds is 6. The summed E-state index contributed by atoms with van der Waals surface area (Å²) >= 11 is 0. The number of carboxylic acid groups (broad SMARTS) is 1. The van der Waals surface area contributed by atoms with Crippen molar-refractivity contribution in [3.8, 4) is 11.1 Å². The highest BCUT2D eigenvalue weighted by atomic mass is 16.5. The van der Waals surface area contributed by atoms with Gasteiger partial charge in [0.1, 0.15) is 12.3 Å². The quantitative estimate of drug-likeness (QED) is 0.498. The molecule has 10 heteroatoms. The highest BCUT2D eigenvalue weighted by molar-refractivity contribution is 6.03. The Bertz CT molecular complexity index is 1270. The van der Waals surface area contributed by atoms with E-state index in [1.54, 1.807) is 0 Å². The number of aryl methyl sites for hydroxylation is 1. The molecular formula is C25H24N4O6. The lowest BCUT2D eigenvalue weighted by Gasteiger charge is -2.23. The molecule has 2 aliphatic rings. The van der Waals surface area contributed by atoms with Crippen molar-refractivity contribution in [2.75, 3.05) is 25.1 Å². The van der Waals surface area contributed by atoms with E-state index in [0.29, 0.717) is 0 Å². The number of ether oxygens (including phenoxy) is 2. The average Bonchev–Trinajstić information content (AvgIpc) is 3.54. The van der Waals surface area contributed by atoms with Gasteiger partial charge in [-0.25, -0.2) is 9.59 Å². The maximum absolute atomic E-state index is 13.0. The first kappa shape index (κ1) is 22.6. The third kappa shape index (κ3) is 4.01. The van der Waals surface area contributed by atoms with Crippen LogP contribution in [0.2, 0.25) is 0 Å². The minimum Gasteiger partial charge on any atom is -0.479 e. The summed E-state index contributed by atoms with van der Waals surface area (Å²) in [5, 5.41) is 18.7. The Morgan fingerprint density at radius 1 is 1.14 bits per heavy atom. The molecule has 1 saturated heterocycles. The van der Waals surface area contributed by atoms with E-state index in [1.165, 1.54) is 17.9 Å². The molecule has 1 unspecified atom stereocenters. The first-order valence-corrected chi connectivity index (χ1v) is 11.2. The second-order valence-corrected chi connectivity index (χ2v) is 8.62. The number of hydrogen-bond donors (Lipinski definition) is 3. The van der Waals surface area contributed by atoms with Gasteiger partial charge in [-0.2, -0.15) is 5.10 Å². The molecule has 5 rings (SSSR count). The van der Waals surface area contributed by atoms with Gasteiger partial charge in [0.25, 0.3) is 5.91 Å². The van der Waals surface area contributed by atoms with Crippen LogP contribution in [0.15, 0.2) is 54.7 Å². The SMILES string of the molecule is Cn1ncc(NC(=O)OCC2c3ccccc3-c3ccccc32)c1C(=O)NC1(C(=O)O)CCOC1. The summed E-state index contributed by atoms with van der Waals surface area (Å²) in [5.74, 6) is -1.98. The summed E-state index contributed by atoms with van der Waals surface area (Å²) in [6, 6.07) is 16.0. The number of anilines is 1. The zero-order chi connectivity index (χ0) is 24.6. The molecular weight excluding hydrogens is 452 g/mol. The Hall–Kier alpha value is -4.18. The van der Waals surface area contributed by atoms with Gasteiger partial charge in [0.15, 0.2) is 5.54 Å². The molecule has 35 heavy (non-hydrogen) atoms. The van der Waals surface area contributed by atoms with Crippen molar-refractivity contribution in [1.29, 1.82) is 0 Å². The number of benzene rings is 2. The van der Waals surface area contributed by atoms with Gasteiger partial charge in [-0.05, 0) is 22.3 Å². The van der Waals surface area contributed by atoms with Crippen LogP contribution >= 0.6 is 0 Å². The van der Waals surface area contributed by atoms with Gasteiger partial charge in [0.05, 0.1) is 18.5 Å². The largest absolute Gasteiger partial charge is 0.479 e. The zero-order valence-corrected chi connectivity index (χ0v) is 19.0. The van der Waals surface area contributed by atoms with Gasteiger partial charge in [-0.1, -0.05) is 48.5 Å². The van der Waals surface area contributed by atoms with E-state index in [-0.39, 0.29) is 43.5 Å². The summed E-state index contributed by atoms with van der Waals surface area (Å²) in [4.78, 5) is 37.4. The van der Waals surface area contributed by atoms with Crippen LogP contribution in [0, 0.1) is 0 Å². The molecule has 1 fully saturated rings. The number of fused-ring (bicyclic) bond motifs is 3. The Kier molecular flexibility index (Phi) is 5.73. The predicted octanol–water partition coefficient (Wildman–Crippen LogP) is 2.75. The fraction of sp³-hybridized carbons (Fsp3) is 0.280. The number of carbonyl (C=O) groups is 3. The van der Waals surface area contributed by atoms with E-state index in [9.17, 15) is 19.5 Å². The first-order valence-electron chi connectivity index (χ1n) is 11.2. The van der Waals surface area contributed by atoms with Crippen LogP contribution in [0.3, 0.4) is 0 Å². The third-order valence-electron chi connectivity index (χ3n) is 6.52. The van der Waals surface area contributed by atoms with Crippen molar-refractivity contribution in [3.05, 3.63) is 71.5 Å². The van der Waals surface area contributed by atoms with E-state index in [0.717, 1.165) is 22.3 Å². The van der Waals surface area contributed by atoms with Crippen LogP contribution in [0.1, 0.15) is 34.0 Å². The van der Waals surface area contributed by atoms with Crippen molar-refractivity contribution in [2.45, 2.75) is 17.9 Å². The number of aliphatic carboxylic acids is 1. The lowest BCUT2D eigenvalue weighted by molar-refractivity contribution is -0.144. The van der Waals surface area contributed by atoms with Crippen LogP contribution in [0.4, 0.5) is 10.5 Å². The van der Waals surface area contributed by atoms with E-state index in [2.05, 4.69) is 15.7 Å². The minimum atomic E-state index is -1.53. The number of nitrogens with one attached hydrogen (secondary N) is 2. The lowest BCUT2D eigenvalue weighted by atomic mass is 9.98. The molecule has 1 aliphatic heterocycles. The molecule has 2 amide bonds. The summed E-state index contributed by atoms with van der Waals surface area (Å²) in [6.45, 7) is 0.199. The molecule has 0 spiro atoms. The van der Waals surface area contributed by atoms with Crippen molar-refractivity contribution >= 4 is 23.7 Å². The Labute approximate surface area is 200 Å². The standard InChI is InChI=1S/C25H24N4O6/c1-29-21(22(30)28-25(23(31)32)10-11-34-14-25)20(12-26-29)27-24(33)35-13-19-17-8-4-2-6-15(17)16-7-3-5-9-18(16)19/h2-9,12,19H,10-11,13-14H2,1H3,(H,27,33)(H,28,30)(H,31,32). The minimum absolute atomic E-state index is 0.00559. The first-order chi connectivity index (χ1) is 16.9. The molecule has 10 nitrogen and oxygen atoms in total. The van der Waals surface area contributed by atoms with Crippen molar-refractivity contribution in [3.63, 3.8) is 0 Å². The van der Waals surface area contributed by atoms with Crippen LogP contribution in [-0.2, 0) is 21.3 Å². The van der Waals surface area contributed by atoms with E-state index >= 15 is 0 Å². The summed E-state index contributed by atoms with van der Waals surface area (Å²) in [7, 11) is 1.52. The third-order valence-corrected chi connectivity index (χ3v) is 6.52. The zero-order valence-electron chi connectivity index (χ0n) is 19.0. The molecule has 0 bridgehead atoms. The van der Waals surface area contributed by atoms with E-state index < -0.39 is 23.5 Å². The smallest absolute Gasteiger partial charge is 0.411 e. The number of nitrogens with zero attached hydrogens (tertiary/aromatic N) is 2. The highest BCUT2D eigenvalue weighted by Crippen LogP contribution is 2.44. The molecule has 2 aromatic carbocycles. The Balaban J connectivity index is 1.29. The van der Waals surface area contributed by atoms with E-state index in [4.69, 9.17) is 9.47 Å². The van der Waals surface area contributed by atoms with Crippen molar-refractivity contribution < 1.29 is 29.0 Å². The number of hydrogen-bond acceptors (Lipinski definition) is 6. The molecule has 1 aromatic heterocycles. The molecule has 1 aliphatic carbocycles. The van der Waals surface area contributed by atoms with E-state index in [1.807, 2.05) is 48.5 Å². The van der Waals surface area contributed by atoms with Crippen LogP contribution in [0.25, 0.3) is 11.1 Å². The van der Waals surface area contributed by atoms with Gasteiger partial charge < -0.3 is 19.9 Å². The molecule has 3 aromatic rings. The van der Waals surface area contributed by atoms with Crippen LogP contribution in [-0.4, -0.2) is 58.2 Å². The molecule has 0 radical (unpaired) electrons. The maximum Gasteiger partial charge on any atom is 0.411 e. The van der Waals surface area contributed by atoms with Crippen molar-refractivity contribution in [1.82, 2.24) is 15.1 Å². The predicted molar refractivity (Wildman–Crippen MR) is 125 cm³/mol. The number of carboxylic acids is 1. The Morgan fingerprint density at radius 3 is 2.40 bits per heavy atom. The topological polar surface area (TPSA) is 132 Å². The van der Waals surface area contributed by atoms with Gasteiger partial charge in [-0.15, -0.1) is 0 Å². The number of amides is 2. The number of aromatic nitrogens is 2. The van der Waals surface area contributed by atoms with Crippen LogP contribution in [0.5, 0.6) is 0 Å². The highest BCUT2D eigenvalue weighted by Gasteiger charge is 2.44. The normalized spacial score (nSPS) is 18.5. The molecule has 1 atom stereocenters. The average molecular weight is 476 g/mol. The van der Waals surface area contributed by atoms with Gasteiger partial charge in [0, 0.05) is 26.0 Å². The second-order valence-electron chi connectivity index (χ2n) is 8.62. The van der Waals surface area contributed by atoms with Gasteiger partial charge in [0.2, 0.25) is 0 Å². The van der Waals surface area contributed by atoms with Gasteiger partial charge in [-0.3, -0.25) is 14.8 Å². The second kappa shape index (κ2) is 8.88. The molecule has 3 N–H and O–H groups in total. The van der Waals surface area contributed by atoms with Crippen molar-refractivity contribution in [2.24, 2.45) is 7.05 Å². The summed E-state index contributed by atoms with van der Waals surface area (Å²) in [6.07, 6.45) is 0.710. The monoisotopic (exact) mass is 476 g/mol. The Morgan fingerprint density at radius 2 is 1.80 bits per heavy atom. The molecule has 180 valence electrons. The van der Waals surface area contributed by atoms with Crippen LogP contribution < -0.4 is 10.6 Å². The van der Waals surface area contributed by atoms with Gasteiger partial charge >= 0.3 is 12.1 Å². The maximum atomic E-state index is 13.0. The fourth-order valence-corrected chi connectivity index (χ4v) is 4.70. The molecule has 0 saturated carbocycles. The summed E-state index contributed by atoms with van der Waals surface area (Å²) in [5.41, 5.74) is 3.00.